The molecule has 0 spiro atoms. The van der Waals surface area contributed by atoms with Crippen molar-refractivity contribution in [3.63, 3.8) is 0 Å². The third kappa shape index (κ3) is 2.92. The molecule has 1 saturated heterocycles. The van der Waals surface area contributed by atoms with Crippen LogP contribution in [0, 0.1) is 45.8 Å². The first-order valence-electron chi connectivity index (χ1n) is 13.1. The molecule has 1 heterocycles. The van der Waals surface area contributed by atoms with Crippen LogP contribution in [0.5, 0.6) is 0 Å². The van der Waals surface area contributed by atoms with Crippen molar-refractivity contribution >= 4 is 12.3 Å². The number of aldehydes is 1. The molecule has 8 heteroatoms. The maximum atomic E-state index is 13.5. The van der Waals surface area contributed by atoms with Gasteiger partial charge in [0.05, 0.1) is 18.1 Å². The highest BCUT2D eigenvalue weighted by molar-refractivity contribution is 5.90. The van der Waals surface area contributed by atoms with E-state index in [2.05, 4.69) is 13.0 Å². The zero-order valence-corrected chi connectivity index (χ0v) is 21.3. The molecule has 35 heavy (non-hydrogen) atoms. The summed E-state index contributed by atoms with van der Waals surface area (Å²) < 4.78 is 17.4. The van der Waals surface area contributed by atoms with Crippen LogP contribution in [0.1, 0.15) is 53.4 Å². The smallest absolute Gasteiger partial charge is 0.315 e. The number of fused-ring (bicyclic) bond motifs is 2. The molecule has 0 aromatic heterocycles. The van der Waals surface area contributed by atoms with Gasteiger partial charge in [-0.3, -0.25) is 4.79 Å². The Hall–Kier alpha value is -1.32. The molecular weight excluding hydrogens is 452 g/mol. The molecule has 196 valence electrons. The summed E-state index contributed by atoms with van der Waals surface area (Å²) in [7, 11) is 1.45. The van der Waals surface area contributed by atoms with Crippen LogP contribution in [0.2, 0.25) is 0 Å². The molecule has 4 fully saturated rings. The number of carbonyl (C=O) groups is 2. The highest BCUT2D eigenvalue weighted by Gasteiger charge is 2.84. The minimum Gasteiger partial charge on any atom is -0.481 e. The van der Waals surface area contributed by atoms with Crippen LogP contribution >= 0.6 is 0 Å². The molecule has 3 N–H and O–H groups in total. The Bertz CT molecular complexity index is 917. The van der Waals surface area contributed by atoms with E-state index in [1.807, 2.05) is 13.8 Å². The maximum absolute atomic E-state index is 13.5. The molecule has 3 saturated carbocycles. The first-order valence-corrected chi connectivity index (χ1v) is 13.1. The first-order chi connectivity index (χ1) is 16.5. The fraction of sp³-hybridized carbons (Fsp3) is 0.852. The molecular formula is C27H40O8. The minimum absolute atomic E-state index is 0.0219. The van der Waals surface area contributed by atoms with E-state index in [1.165, 1.54) is 7.11 Å². The Kier molecular flexibility index (Phi) is 6.04. The molecule has 0 unspecified atom stereocenters. The fourth-order valence-corrected chi connectivity index (χ4v) is 9.34. The van der Waals surface area contributed by atoms with Crippen molar-refractivity contribution in [3.05, 3.63) is 11.6 Å². The number of carboxylic acid groups (broad SMARTS) is 1. The van der Waals surface area contributed by atoms with Gasteiger partial charge in [0, 0.05) is 12.5 Å². The van der Waals surface area contributed by atoms with Gasteiger partial charge in [0.2, 0.25) is 0 Å². The zero-order chi connectivity index (χ0) is 25.5. The molecule has 12 atom stereocenters. The van der Waals surface area contributed by atoms with Gasteiger partial charge in [-0.05, 0) is 55.8 Å². The number of hydrogen-bond donors (Lipinski definition) is 3. The number of rotatable bonds is 7. The zero-order valence-electron chi connectivity index (χ0n) is 21.3. The second-order valence-electron chi connectivity index (χ2n) is 12.2. The number of hydrogen-bond acceptors (Lipinski definition) is 7. The Morgan fingerprint density at radius 1 is 1.23 bits per heavy atom. The molecule has 4 aliphatic carbocycles. The van der Waals surface area contributed by atoms with Gasteiger partial charge in [-0.1, -0.05) is 38.8 Å². The van der Waals surface area contributed by atoms with Crippen LogP contribution in [0.25, 0.3) is 0 Å². The number of aliphatic carboxylic acids is 1. The minimum atomic E-state index is -1.34. The van der Waals surface area contributed by atoms with Gasteiger partial charge in [-0.15, -0.1) is 0 Å². The number of methoxy groups -OCH3 is 1. The third-order valence-corrected chi connectivity index (χ3v) is 10.7. The summed E-state index contributed by atoms with van der Waals surface area (Å²) in [4.78, 5) is 26.5. The van der Waals surface area contributed by atoms with Crippen molar-refractivity contribution < 1.29 is 39.1 Å². The number of aliphatic hydroxyl groups is 2. The van der Waals surface area contributed by atoms with Gasteiger partial charge < -0.3 is 34.3 Å². The number of ether oxygens (including phenoxy) is 3. The van der Waals surface area contributed by atoms with E-state index in [-0.39, 0.29) is 30.3 Å². The van der Waals surface area contributed by atoms with E-state index in [9.17, 15) is 24.9 Å². The van der Waals surface area contributed by atoms with Crippen molar-refractivity contribution in [2.24, 2.45) is 45.8 Å². The number of carbonyl (C=O) groups excluding carboxylic acids is 1. The second kappa shape index (κ2) is 8.35. The number of carboxylic acids is 1. The second-order valence-corrected chi connectivity index (χ2v) is 12.2. The van der Waals surface area contributed by atoms with Gasteiger partial charge in [0.25, 0.3) is 0 Å². The van der Waals surface area contributed by atoms with E-state index in [0.29, 0.717) is 18.8 Å². The standard InChI is InChI=1S/C27H40O8/c1-13(2)19-8-16-9-25(11-28)18-7-6-14(3)17(18)10-26(16,27(19,25)24(31)32)12-34-23-21(30)20(29)22(33-5)15(4)35-23/h8,11,13-18,20-23,29-30H,6-7,9-10,12H2,1-5H3,(H,31,32)/t14-,15+,16+,17-,18-,20-,21-,22+,23+,25+,26+,27+/m1/s1. The molecule has 4 bridgehead atoms. The normalized spacial score (nSPS) is 52.5. The lowest BCUT2D eigenvalue weighted by Crippen LogP contribution is -2.64. The first kappa shape index (κ1) is 25.3. The molecule has 0 radical (unpaired) electrons. The van der Waals surface area contributed by atoms with Gasteiger partial charge in [0.15, 0.2) is 6.29 Å². The molecule has 0 aromatic carbocycles. The van der Waals surface area contributed by atoms with Gasteiger partial charge in [0.1, 0.15) is 30.0 Å². The maximum Gasteiger partial charge on any atom is 0.315 e. The molecule has 1 aliphatic heterocycles. The van der Waals surface area contributed by atoms with Gasteiger partial charge in [-0.25, -0.2) is 0 Å². The predicted octanol–water partition coefficient (Wildman–Crippen LogP) is 2.41. The SMILES string of the molecule is CO[C@@H]1[C@H](O)[C@@H](O)[C@@H](OC[C@@]23C[C@@H]4[C@H](C)CC[C@H]4[C@@]4(C=O)C[C@@H]2C=C(C(C)C)[C@@]34C(=O)O)O[C@H]1C. The lowest BCUT2D eigenvalue weighted by atomic mass is 9.43. The summed E-state index contributed by atoms with van der Waals surface area (Å²) in [5, 5.41) is 32.3. The Morgan fingerprint density at radius 3 is 2.54 bits per heavy atom. The number of aliphatic hydroxyl groups excluding tert-OH is 2. The van der Waals surface area contributed by atoms with Crippen molar-refractivity contribution in [3.8, 4) is 0 Å². The summed E-state index contributed by atoms with van der Waals surface area (Å²) in [5.41, 5.74) is -2.28. The van der Waals surface area contributed by atoms with Crippen LogP contribution in [0.4, 0.5) is 0 Å². The van der Waals surface area contributed by atoms with Crippen molar-refractivity contribution in [2.75, 3.05) is 13.7 Å². The molecule has 0 amide bonds. The Balaban J connectivity index is 1.57. The van der Waals surface area contributed by atoms with Crippen LogP contribution in [0.15, 0.2) is 11.6 Å². The third-order valence-electron chi connectivity index (χ3n) is 10.7. The molecule has 5 rings (SSSR count). The molecule has 8 nitrogen and oxygen atoms in total. The number of allylic oxidation sites excluding steroid dienone is 1. The van der Waals surface area contributed by atoms with E-state index in [1.54, 1.807) is 6.92 Å². The van der Waals surface area contributed by atoms with E-state index in [0.717, 1.165) is 24.7 Å². The fourth-order valence-electron chi connectivity index (χ4n) is 9.34. The van der Waals surface area contributed by atoms with Crippen molar-refractivity contribution in [1.29, 1.82) is 0 Å². The summed E-state index contributed by atoms with van der Waals surface area (Å²) in [6.45, 7) is 8.02. The highest BCUT2D eigenvalue weighted by atomic mass is 16.7. The van der Waals surface area contributed by atoms with E-state index < -0.39 is 52.9 Å². The predicted molar refractivity (Wildman–Crippen MR) is 125 cm³/mol. The quantitative estimate of drug-likeness (QED) is 0.366. The summed E-state index contributed by atoms with van der Waals surface area (Å²) in [6.07, 6.45) is 1.32. The average Bonchev–Trinajstić information content (AvgIpc) is 3.38. The van der Waals surface area contributed by atoms with E-state index in [4.69, 9.17) is 14.2 Å². The van der Waals surface area contributed by atoms with E-state index >= 15 is 0 Å². The lowest BCUT2D eigenvalue weighted by Gasteiger charge is -2.58. The molecule has 5 aliphatic rings. The Morgan fingerprint density at radius 2 is 1.94 bits per heavy atom. The van der Waals surface area contributed by atoms with Crippen molar-refractivity contribution in [2.45, 2.75) is 84.1 Å². The summed E-state index contributed by atoms with van der Waals surface area (Å²) >= 11 is 0. The van der Waals surface area contributed by atoms with Gasteiger partial charge >= 0.3 is 5.97 Å². The van der Waals surface area contributed by atoms with Crippen molar-refractivity contribution in [1.82, 2.24) is 0 Å². The lowest BCUT2D eigenvalue weighted by molar-refractivity contribution is -0.306. The molecule has 0 aromatic rings. The van der Waals surface area contributed by atoms with Crippen LogP contribution in [-0.4, -0.2) is 72.0 Å². The summed E-state index contributed by atoms with van der Waals surface area (Å²) in [6, 6.07) is 0. The van der Waals surface area contributed by atoms with Crippen LogP contribution < -0.4 is 0 Å². The topological polar surface area (TPSA) is 123 Å². The van der Waals surface area contributed by atoms with Crippen LogP contribution in [-0.2, 0) is 23.8 Å². The highest BCUT2D eigenvalue weighted by Crippen LogP contribution is 2.82. The average molecular weight is 493 g/mol. The Labute approximate surface area is 207 Å². The van der Waals surface area contributed by atoms with Gasteiger partial charge in [-0.2, -0.15) is 0 Å². The monoisotopic (exact) mass is 492 g/mol. The largest absolute Gasteiger partial charge is 0.481 e. The summed E-state index contributed by atoms with van der Waals surface area (Å²) in [5.74, 6) is -0.358. The van der Waals surface area contributed by atoms with Crippen LogP contribution in [0.3, 0.4) is 0 Å².